The topological polar surface area (TPSA) is 55.6 Å². The predicted molar refractivity (Wildman–Crippen MR) is 68.0 cm³/mol. The molecule has 1 N–H and O–H groups in total. The Morgan fingerprint density at radius 2 is 2.35 bits per heavy atom. The summed E-state index contributed by atoms with van der Waals surface area (Å²) in [5, 5.41) is 11.9. The van der Waals surface area contributed by atoms with Gasteiger partial charge in [0.1, 0.15) is 0 Å². The highest BCUT2D eigenvalue weighted by Gasteiger charge is 2.21. The van der Waals surface area contributed by atoms with E-state index in [0.717, 1.165) is 24.2 Å². The van der Waals surface area contributed by atoms with Gasteiger partial charge in [-0.05, 0) is 31.1 Å². The lowest BCUT2D eigenvalue weighted by atomic mass is 10.1. The van der Waals surface area contributed by atoms with Crippen molar-refractivity contribution in [1.82, 2.24) is 24.7 Å². The zero-order valence-corrected chi connectivity index (χ0v) is 11.2. The van der Waals surface area contributed by atoms with Crippen molar-refractivity contribution in [3.63, 3.8) is 0 Å². The van der Waals surface area contributed by atoms with E-state index in [0.29, 0.717) is 0 Å². The van der Waals surface area contributed by atoms with Crippen molar-refractivity contribution < 1.29 is 0 Å². The van der Waals surface area contributed by atoms with Gasteiger partial charge in [0.25, 0.3) is 0 Å². The smallest absolute Gasteiger partial charge is 0.0896 e. The van der Waals surface area contributed by atoms with Crippen LogP contribution in [-0.4, -0.2) is 26.4 Å². The summed E-state index contributed by atoms with van der Waals surface area (Å²) >= 11 is 1.45. The molecule has 0 fully saturated rings. The van der Waals surface area contributed by atoms with Crippen LogP contribution < -0.4 is 5.32 Å². The fourth-order valence-corrected chi connectivity index (χ4v) is 2.66. The molecule has 0 saturated carbocycles. The minimum atomic E-state index is 0.0951. The van der Waals surface area contributed by atoms with Crippen LogP contribution >= 0.6 is 11.5 Å². The van der Waals surface area contributed by atoms with Crippen LogP contribution in [0.15, 0.2) is 12.3 Å². The molecule has 17 heavy (non-hydrogen) atoms. The molecule has 0 amide bonds. The van der Waals surface area contributed by atoms with Gasteiger partial charge in [-0.2, -0.15) is 5.10 Å². The van der Waals surface area contributed by atoms with Crippen LogP contribution in [0.2, 0.25) is 0 Å². The van der Waals surface area contributed by atoms with Gasteiger partial charge in [-0.15, -0.1) is 5.10 Å². The Hall–Kier alpha value is -1.27. The molecule has 2 heterocycles. The maximum absolute atomic E-state index is 4.44. The van der Waals surface area contributed by atoms with Gasteiger partial charge >= 0.3 is 0 Å². The van der Waals surface area contributed by atoms with E-state index in [1.807, 2.05) is 31.0 Å². The van der Waals surface area contributed by atoms with Crippen LogP contribution in [0.25, 0.3) is 0 Å². The summed E-state index contributed by atoms with van der Waals surface area (Å²) in [5.74, 6) is 0. The van der Waals surface area contributed by atoms with Gasteiger partial charge in [0.05, 0.1) is 22.3 Å². The molecule has 0 saturated heterocycles. The van der Waals surface area contributed by atoms with E-state index in [2.05, 4.69) is 26.9 Å². The van der Waals surface area contributed by atoms with E-state index in [1.54, 1.807) is 0 Å². The zero-order valence-electron chi connectivity index (χ0n) is 10.3. The molecule has 0 radical (unpaired) electrons. The number of hydrogen-bond donors (Lipinski definition) is 1. The molecule has 2 aromatic heterocycles. The average molecular weight is 251 g/mol. The van der Waals surface area contributed by atoms with E-state index >= 15 is 0 Å². The third-order valence-corrected chi connectivity index (χ3v) is 3.48. The molecule has 6 heteroatoms. The van der Waals surface area contributed by atoms with Gasteiger partial charge in [-0.1, -0.05) is 17.8 Å². The van der Waals surface area contributed by atoms with Crippen molar-refractivity contribution >= 4 is 11.5 Å². The Labute approximate surface area is 105 Å². The normalized spacial score (nSPS) is 12.9. The van der Waals surface area contributed by atoms with Crippen molar-refractivity contribution in [3.05, 3.63) is 28.5 Å². The highest BCUT2D eigenvalue weighted by atomic mass is 32.1. The second-order valence-corrected chi connectivity index (χ2v) is 4.76. The van der Waals surface area contributed by atoms with Crippen LogP contribution in [0.3, 0.4) is 0 Å². The lowest BCUT2D eigenvalue weighted by molar-refractivity contribution is 0.641. The fourth-order valence-electron chi connectivity index (χ4n) is 1.85. The third kappa shape index (κ3) is 2.53. The number of rotatable bonds is 5. The molecule has 2 rings (SSSR count). The highest BCUT2D eigenvalue weighted by molar-refractivity contribution is 7.05. The standard InChI is InChI=1S/C11H17N5S/c1-4-5-9-11(17-15-13-9)10(12-2)8-6-7-16(3)14-8/h6-7,10,12H,4-5H2,1-3H3. The number of nitrogens with zero attached hydrogens (tertiary/aromatic N) is 4. The molecular formula is C11H17N5S. The molecule has 1 atom stereocenters. The maximum atomic E-state index is 4.44. The Morgan fingerprint density at radius 3 is 2.94 bits per heavy atom. The van der Waals surface area contributed by atoms with Crippen LogP contribution in [-0.2, 0) is 13.5 Å². The molecule has 0 bridgehead atoms. The summed E-state index contributed by atoms with van der Waals surface area (Å²) in [5.41, 5.74) is 2.10. The van der Waals surface area contributed by atoms with E-state index in [4.69, 9.17) is 0 Å². The van der Waals surface area contributed by atoms with Crippen molar-refractivity contribution in [3.8, 4) is 0 Å². The van der Waals surface area contributed by atoms with E-state index in [1.165, 1.54) is 16.4 Å². The molecule has 0 spiro atoms. The van der Waals surface area contributed by atoms with Crippen molar-refractivity contribution in [2.45, 2.75) is 25.8 Å². The Morgan fingerprint density at radius 1 is 1.53 bits per heavy atom. The van der Waals surface area contributed by atoms with Gasteiger partial charge in [0.15, 0.2) is 0 Å². The van der Waals surface area contributed by atoms with E-state index < -0.39 is 0 Å². The first kappa shape index (κ1) is 12.2. The summed E-state index contributed by atoms with van der Waals surface area (Å²) < 4.78 is 5.87. The number of nitrogens with one attached hydrogen (secondary N) is 1. The SMILES string of the molecule is CCCc1nnsc1C(NC)c1ccn(C)n1. The predicted octanol–water partition coefficient (Wildman–Crippen LogP) is 1.53. The summed E-state index contributed by atoms with van der Waals surface area (Å²) in [6, 6.07) is 2.12. The largest absolute Gasteiger partial charge is 0.307 e. The van der Waals surface area contributed by atoms with Crippen molar-refractivity contribution in [1.29, 1.82) is 0 Å². The highest BCUT2D eigenvalue weighted by Crippen LogP contribution is 2.26. The van der Waals surface area contributed by atoms with Crippen LogP contribution in [0, 0.1) is 0 Å². The van der Waals surface area contributed by atoms with Gasteiger partial charge in [0.2, 0.25) is 0 Å². The summed E-state index contributed by atoms with van der Waals surface area (Å²) in [4.78, 5) is 1.17. The second kappa shape index (κ2) is 5.37. The zero-order chi connectivity index (χ0) is 12.3. The molecule has 2 aromatic rings. The molecule has 0 aliphatic heterocycles. The summed E-state index contributed by atoms with van der Waals surface area (Å²) in [6.45, 7) is 2.15. The summed E-state index contributed by atoms with van der Waals surface area (Å²) in [6.07, 6.45) is 4.00. The Balaban J connectivity index is 2.31. The molecule has 1 unspecified atom stereocenters. The molecule has 0 aromatic carbocycles. The first-order chi connectivity index (χ1) is 8.26. The Bertz CT molecular complexity index is 476. The maximum Gasteiger partial charge on any atom is 0.0896 e. The van der Waals surface area contributed by atoms with Gasteiger partial charge in [-0.25, -0.2) is 0 Å². The van der Waals surface area contributed by atoms with Crippen LogP contribution in [0.5, 0.6) is 0 Å². The lowest BCUT2D eigenvalue weighted by Crippen LogP contribution is -2.18. The van der Waals surface area contributed by atoms with Crippen LogP contribution in [0.1, 0.15) is 35.7 Å². The molecule has 0 aliphatic rings. The van der Waals surface area contributed by atoms with Gasteiger partial charge < -0.3 is 5.32 Å². The third-order valence-electron chi connectivity index (χ3n) is 2.65. The molecular weight excluding hydrogens is 234 g/mol. The Kier molecular flexibility index (Phi) is 3.86. The number of aromatic nitrogens is 4. The molecule has 5 nitrogen and oxygen atoms in total. The monoisotopic (exact) mass is 251 g/mol. The van der Waals surface area contributed by atoms with Crippen molar-refractivity contribution in [2.24, 2.45) is 7.05 Å². The van der Waals surface area contributed by atoms with Gasteiger partial charge in [-0.3, -0.25) is 4.68 Å². The minimum absolute atomic E-state index is 0.0951. The first-order valence-corrected chi connectivity index (χ1v) is 6.51. The van der Waals surface area contributed by atoms with Gasteiger partial charge in [0, 0.05) is 13.2 Å². The lowest BCUT2D eigenvalue weighted by Gasteiger charge is -2.12. The minimum Gasteiger partial charge on any atom is -0.307 e. The van der Waals surface area contributed by atoms with E-state index in [9.17, 15) is 0 Å². The average Bonchev–Trinajstić information content (AvgIpc) is 2.91. The number of hydrogen-bond acceptors (Lipinski definition) is 5. The first-order valence-electron chi connectivity index (χ1n) is 5.74. The fraction of sp³-hybridized carbons (Fsp3) is 0.545. The molecule has 0 aliphatic carbocycles. The second-order valence-electron chi connectivity index (χ2n) is 3.97. The van der Waals surface area contributed by atoms with Crippen molar-refractivity contribution in [2.75, 3.05) is 7.05 Å². The molecule has 92 valence electrons. The van der Waals surface area contributed by atoms with E-state index in [-0.39, 0.29) is 6.04 Å². The van der Waals surface area contributed by atoms with Crippen LogP contribution in [0.4, 0.5) is 0 Å². The quantitative estimate of drug-likeness (QED) is 0.875. The summed E-state index contributed by atoms with van der Waals surface area (Å²) in [7, 11) is 3.86. The number of aryl methyl sites for hydroxylation is 2.